The van der Waals surface area contributed by atoms with E-state index in [1.807, 2.05) is 35.0 Å². The molecule has 0 bridgehead atoms. The van der Waals surface area contributed by atoms with Crippen molar-refractivity contribution in [2.75, 3.05) is 6.54 Å². The smallest absolute Gasteiger partial charge is 0.224 e. The van der Waals surface area contributed by atoms with Crippen molar-refractivity contribution in [1.82, 2.24) is 14.7 Å². The van der Waals surface area contributed by atoms with Crippen LogP contribution in [0.3, 0.4) is 0 Å². The van der Waals surface area contributed by atoms with Crippen molar-refractivity contribution in [2.45, 2.75) is 25.3 Å². The summed E-state index contributed by atoms with van der Waals surface area (Å²) in [4.78, 5) is 16.5. The number of fused-ring (bicyclic) bond motifs is 1. The predicted octanol–water partition coefficient (Wildman–Crippen LogP) is 0.730. The van der Waals surface area contributed by atoms with E-state index >= 15 is 0 Å². The van der Waals surface area contributed by atoms with Crippen LogP contribution in [0.2, 0.25) is 0 Å². The van der Waals surface area contributed by atoms with Gasteiger partial charge in [-0.25, -0.2) is 4.98 Å². The first kappa shape index (κ1) is 12.2. The SMILES string of the molecule is NCC(Cc1cn2ccccc2n1)C(=O)NC1CC1. The molecular formula is C14H18N4O. The molecule has 1 amide bonds. The molecule has 100 valence electrons. The molecule has 1 fully saturated rings. The van der Waals surface area contributed by atoms with Crippen molar-refractivity contribution in [1.29, 1.82) is 0 Å². The van der Waals surface area contributed by atoms with E-state index in [1.165, 1.54) is 0 Å². The molecule has 1 aliphatic rings. The Balaban J connectivity index is 1.72. The summed E-state index contributed by atoms with van der Waals surface area (Å²) in [6.07, 6.45) is 6.70. The number of nitrogens with zero attached hydrogens (tertiary/aromatic N) is 2. The Labute approximate surface area is 111 Å². The minimum Gasteiger partial charge on any atom is -0.353 e. The second-order valence-corrected chi connectivity index (χ2v) is 5.12. The van der Waals surface area contributed by atoms with Crippen LogP contribution < -0.4 is 11.1 Å². The Morgan fingerprint density at radius 2 is 2.37 bits per heavy atom. The van der Waals surface area contributed by atoms with Crippen LogP contribution in [-0.2, 0) is 11.2 Å². The number of carbonyl (C=O) groups excluding carboxylic acids is 1. The lowest BCUT2D eigenvalue weighted by Crippen LogP contribution is -2.37. The van der Waals surface area contributed by atoms with E-state index in [2.05, 4.69) is 10.3 Å². The summed E-state index contributed by atoms with van der Waals surface area (Å²) in [7, 11) is 0. The fraction of sp³-hybridized carbons (Fsp3) is 0.429. The summed E-state index contributed by atoms with van der Waals surface area (Å²) in [5, 5.41) is 3.01. The number of nitrogens with two attached hydrogens (primary N) is 1. The number of imidazole rings is 1. The van der Waals surface area contributed by atoms with Crippen LogP contribution >= 0.6 is 0 Å². The summed E-state index contributed by atoms with van der Waals surface area (Å²) in [6.45, 7) is 0.354. The zero-order valence-corrected chi connectivity index (χ0v) is 10.7. The zero-order chi connectivity index (χ0) is 13.2. The van der Waals surface area contributed by atoms with E-state index in [-0.39, 0.29) is 11.8 Å². The Hall–Kier alpha value is -1.88. The molecule has 19 heavy (non-hydrogen) atoms. The van der Waals surface area contributed by atoms with E-state index in [9.17, 15) is 4.79 Å². The summed E-state index contributed by atoms with van der Waals surface area (Å²) < 4.78 is 1.96. The Morgan fingerprint density at radius 3 is 3.05 bits per heavy atom. The van der Waals surface area contributed by atoms with Crippen molar-refractivity contribution in [3.63, 3.8) is 0 Å². The zero-order valence-electron chi connectivity index (χ0n) is 10.7. The summed E-state index contributed by atoms with van der Waals surface area (Å²) >= 11 is 0. The number of pyridine rings is 1. The van der Waals surface area contributed by atoms with Crippen molar-refractivity contribution in [3.05, 3.63) is 36.3 Å². The Morgan fingerprint density at radius 1 is 1.53 bits per heavy atom. The van der Waals surface area contributed by atoms with Crippen molar-refractivity contribution in [3.8, 4) is 0 Å². The molecule has 1 unspecified atom stereocenters. The minimum atomic E-state index is -0.189. The van der Waals surface area contributed by atoms with Gasteiger partial charge in [0.2, 0.25) is 5.91 Å². The maximum absolute atomic E-state index is 12.0. The maximum atomic E-state index is 12.0. The van der Waals surface area contributed by atoms with Gasteiger partial charge in [0.15, 0.2) is 0 Å². The van der Waals surface area contributed by atoms with Gasteiger partial charge in [-0.05, 0) is 25.0 Å². The number of hydrogen-bond acceptors (Lipinski definition) is 3. The van der Waals surface area contributed by atoms with Crippen LogP contribution in [0, 0.1) is 5.92 Å². The topological polar surface area (TPSA) is 72.4 Å². The first-order valence-electron chi connectivity index (χ1n) is 6.69. The molecule has 0 saturated heterocycles. The van der Waals surface area contributed by atoms with Crippen LogP contribution in [0.4, 0.5) is 0 Å². The lowest BCUT2D eigenvalue weighted by molar-refractivity contribution is -0.124. The second-order valence-electron chi connectivity index (χ2n) is 5.12. The highest BCUT2D eigenvalue weighted by Crippen LogP contribution is 2.19. The molecule has 2 aromatic rings. The summed E-state index contributed by atoms with van der Waals surface area (Å²) in [5.41, 5.74) is 7.53. The van der Waals surface area contributed by atoms with Gasteiger partial charge in [-0.3, -0.25) is 4.79 Å². The fourth-order valence-electron chi connectivity index (χ4n) is 2.17. The van der Waals surface area contributed by atoms with Crippen LogP contribution in [-0.4, -0.2) is 27.9 Å². The number of aromatic nitrogens is 2. The maximum Gasteiger partial charge on any atom is 0.224 e. The molecule has 1 atom stereocenters. The Kier molecular flexibility index (Phi) is 3.21. The second kappa shape index (κ2) is 5.01. The fourth-order valence-corrected chi connectivity index (χ4v) is 2.17. The molecule has 5 nitrogen and oxygen atoms in total. The van der Waals surface area contributed by atoms with Gasteiger partial charge in [0.1, 0.15) is 5.65 Å². The quantitative estimate of drug-likeness (QED) is 0.830. The number of hydrogen-bond donors (Lipinski definition) is 2. The van der Waals surface area contributed by atoms with Crippen LogP contribution in [0.25, 0.3) is 5.65 Å². The number of rotatable bonds is 5. The van der Waals surface area contributed by atoms with Crippen LogP contribution in [0.1, 0.15) is 18.5 Å². The molecule has 3 rings (SSSR count). The lowest BCUT2D eigenvalue weighted by atomic mass is 10.0. The van der Waals surface area contributed by atoms with Crippen molar-refractivity contribution in [2.24, 2.45) is 11.7 Å². The molecule has 0 spiro atoms. The number of amides is 1. The normalized spacial score (nSPS) is 16.5. The molecule has 0 aliphatic heterocycles. The Bertz CT molecular complexity index is 555. The molecule has 5 heteroatoms. The van der Waals surface area contributed by atoms with Gasteiger partial charge in [0, 0.05) is 31.4 Å². The van der Waals surface area contributed by atoms with Gasteiger partial charge in [0.05, 0.1) is 11.6 Å². The lowest BCUT2D eigenvalue weighted by Gasteiger charge is -2.13. The summed E-state index contributed by atoms with van der Waals surface area (Å²) in [6, 6.07) is 6.23. The van der Waals surface area contributed by atoms with Gasteiger partial charge in [-0.2, -0.15) is 0 Å². The highest BCUT2D eigenvalue weighted by Gasteiger charge is 2.27. The minimum absolute atomic E-state index is 0.0575. The van der Waals surface area contributed by atoms with Gasteiger partial charge in [0.25, 0.3) is 0 Å². The van der Waals surface area contributed by atoms with E-state index in [0.717, 1.165) is 24.2 Å². The molecule has 2 aromatic heterocycles. The highest BCUT2D eigenvalue weighted by atomic mass is 16.2. The molecule has 0 radical (unpaired) electrons. The third kappa shape index (κ3) is 2.76. The van der Waals surface area contributed by atoms with Crippen LogP contribution in [0.5, 0.6) is 0 Å². The van der Waals surface area contributed by atoms with Crippen LogP contribution in [0.15, 0.2) is 30.6 Å². The molecule has 2 heterocycles. The average Bonchev–Trinajstić information content (AvgIpc) is 3.12. The monoisotopic (exact) mass is 258 g/mol. The molecular weight excluding hydrogens is 240 g/mol. The highest BCUT2D eigenvalue weighted by molar-refractivity contribution is 5.79. The van der Waals surface area contributed by atoms with Gasteiger partial charge in [-0.15, -0.1) is 0 Å². The van der Waals surface area contributed by atoms with Gasteiger partial charge < -0.3 is 15.5 Å². The van der Waals surface area contributed by atoms with Crippen molar-refractivity contribution >= 4 is 11.6 Å². The molecule has 1 saturated carbocycles. The molecule has 1 aliphatic carbocycles. The van der Waals surface area contributed by atoms with E-state index in [0.29, 0.717) is 19.0 Å². The molecule has 3 N–H and O–H groups in total. The van der Waals surface area contributed by atoms with E-state index < -0.39 is 0 Å². The standard InChI is InChI=1S/C14H18N4O/c15-8-10(14(19)17-11-4-5-11)7-12-9-18-6-2-1-3-13(18)16-12/h1-3,6,9-11H,4-5,7-8,15H2,(H,17,19). The third-order valence-corrected chi connectivity index (χ3v) is 3.45. The first-order valence-corrected chi connectivity index (χ1v) is 6.69. The number of carbonyl (C=O) groups is 1. The predicted molar refractivity (Wildman–Crippen MR) is 72.6 cm³/mol. The third-order valence-electron chi connectivity index (χ3n) is 3.45. The van der Waals surface area contributed by atoms with Gasteiger partial charge in [-0.1, -0.05) is 6.07 Å². The number of nitrogens with one attached hydrogen (secondary N) is 1. The molecule has 0 aromatic carbocycles. The first-order chi connectivity index (χ1) is 9.26. The summed E-state index contributed by atoms with van der Waals surface area (Å²) in [5.74, 6) is -0.132. The van der Waals surface area contributed by atoms with E-state index in [1.54, 1.807) is 0 Å². The average molecular weight is 258 g/mol. The van der Waals surface area contributed by atoms with Gasteiger partial charge >= 0.3 is 0 Å². The van der Waals surface area contributed by atoms with Crippen molar-refractivity contribution < 1.29 is 4.79 Å². The largest absolute Gasteiger partial charge is 0.353 e. The van der Waals surface area contributed by atoms with E-state index in [4.69, 9.17) is 5.73 Å².